The summed E-state index contributed by atoms with van der Waals surface area (Å²) in [7, 11) is 0. The zero-order valence-corrected chi connectivity index (χ0v) is 15.1. The highest BCUT2D eigenvalue weighted by atomic mass is 19.1. The van der Waals surface area contributed by atoms with E-state index >= 15 is 0 Å². The Hall–Kier alpha value is -3.29. The number of halogens is 2. The molecular weight excluding hydrogens is 370 g/mol. The van der Waals surface area contributed by atoms with E-state index in [2.05, 4.69) is 10.6 Å². The van der Waals surface area contributed by atoms with Crippen LogP contribution >= 0.6 is 0 Å². The van der Waals surface area contributed by atoms with Gasteiger partial charge in [0, 0.05) is 19.8 Å². The van der Waals surface area contributed by atoms with E-state index < -0.39 is 41.5 Å². The molecule has 0 saturated heterocycles. The maximum absolute atomic E-state index is 13.4. The minimum Gasteiger partial charge on any atom is -0.480 e. The predicted octanol–water partition coefficient (Wildman–Crippen LogP) is 1.82. The van der Waals surface area contributed by atoms with Crippen molar-refractivity contribution in [1.29, 1.82) is 0 Å². The summed E-state index contributed by atoms with van der Waals surface area (Å²) < 4.78 is 26.4. The summed E-state index contributed by atoms with van der Waals surface area (Å²) in [5.74, 6) is -3.42. The van der Waals surface area contributed by atoms with Crippen molar-refractivity contribution in [1.82, 2.24) is 10.6 Å². The van der Waals surface area contributed by atoms with Crippen LogP contribution in [0, 0.1) is 11.6 Å². The van der Waals surface area contributed by atoms with E-state index in [1.165, 1.54) is 49.4 Å². The monoisotopic (exact) mass is 390 g/mol. The summed E-state index contributed by atoms with van der Waals surface area (Å²) in [5, 5.41) is 14.2. The van der Waals surface area contributed by atoms with E-state index in [-0.39, 0.29) is 12.8 Å². The van der Waals surface area contributed by atoms with Gasteiger partial charge in [-0.1, -0.05) is 24.3 Å². The number of nitrogens with one attached hydrogen (secondary N) is 2. The standard InChI is InChI=1S/C20H20F2N2O4/c1-12(25)23-17(11-14-3-2-4-16(22)9-14)19(26)24-18(20(27)28)10-13-5-7-15(21)8-6-13/h2-9,17-18H,10-11H2,1H3,(H,23,25)(H,24,26)(H,27,28)/t17-,18-/m1/s1. The molecule has 0 aliphatic carbocycles. The molecule has 2 amide bonds. The second-order valence-corrected chi connectivity index (χ2v) is 6.32. The number of carbonyl (C=O) groups excluding carboxylic acids is 2. The number of hydrogen-bond acceptors (Lipinski definition) is 3. The van der Waals surface area contributed by atoms with Crippen LogP contribution in [0.15, 0.2) is 48.5 Å². The number of rotatable bonds is 8. The summed E-state index contributed by atoms with van der Waals surface area (Å²) in [4.78, 5) is 35.6. The fourth-order valence-corrected chi connectivity index (χ4v) is 2.68. The maximum Gasteiger partial charge on any atom is 0.326 e. The van der Waals surface area contributed by atoms with Crippen LogP contribution in [0.1, 0.15) is 18.1 Å². The minimum atomic E-state index is -1.28. The number of carboxylic acid groups (broad SMARTS) is 1. The zero-order chi connectivity index (χ0) is 20.7. The topological polar surface area (TPSA) is 95.5 Å². The molecule has 3 N–H and O–H groups in total. The summed E-state index contributed by atoms with van der Waals surface area (Å²) in [6.07, 6.45) is -0.0693. The number of benzene rings is 2. The lowest BCUT2D eigenvalue weighted by Crippen LogP contribution is -2.52. The van der Waals surface area contributed by atoms with Crippen LogP contribution in [-0.2, 0) is 27.2 Å². The Morgan fingerprint density at radius 3 is 2.11 bits per heavy atom. The van der Waals surface area contributed by atoms with Crippen molar-refractivity contribution in [3.8, 4) is 0 Å². The van der Waals surface area contributed by atoms with E-state index in [1.54, 1.807) is 6.07 Å². The maximum atomic E-state index is 13.4. The Morgan fingerprint density at radius 1 is 0.893 bits per heavy atom. The molecule has 0 heterocycles. The first-order chi connectivity index (χ1) is 13.2. The Bertz CT molecular complexity index is 856. The summed E-state index contributed by atoms with van der Waals surface area (Å²) in [6.45, 7) is 1.22. The van der Waals surface area contributed by atoms with Gasteiger partial charge >= 0.3 is 5.97 Å². The molecule has 0 spiro atoms. The molecule has 0 bridgehead atoms. The van der Waals surface area contributed by atoms with Crippen molar-refractivity contribution in [2.75, 3.05) is 0 Å². The molecule has 2 aromatic carbocycles. The first-order valence-corrected chi connectivity index (χ1v) is 8.53. The fraction of sp³-hybridized carbons (Fsp3) is 0.250. The van der Waals surface area contributed by atoms with Gasteiger partial charge in [-0.3, -0.25) is 9.59 Å². The lowest BCUT2D eigenvalue weighted by atomic mass is 10.0. The Balaban J connectivity index is 2.12. The first kappa shape index (κ1) is 21.0. The number of carbonyl (C=O) groups is 3. The second kappa shape index (κ2) is 9.59. The molecule has 0 unspecified atom stereocenters. The van der Waals surface area contributed by atoms with Gasteiger partial charge in [-0.15, -0.1) is 0 Å². The molecule has 0 aliphatic heterocycles. The van der Waals surface area contributed by atoms with Gasteiger partial charge in [0.25, 0.3) is 0 Å². The molecule has 0 radical (unpaired) electrons. The fourth-order valence-electron chi connectivity index (χ4n) is 2.68. The van der Waals surface area contributed by atoms with Crippen molar-refractivity contribution in [3.63, 3.8) is 0 Å². The van der Waals surface area contributed by atoms with Crippen LogP contribution in [0.5, 0.6) is 0 Å². The molecule has 0 aliphatic rings. The summed E-state index contributed by atoms with van der Waals surface area (Å²) >= 11 is 0. The van der Waals surface area contributed by atoms with Gasteiger partial charge in [0.05, 0.1) is 0 Å². The van der Waals surface area contributed by atoms with Crippen LogP contribution in [0.25, 0.3) is 0 Å². The SMILES string of the molecule is CC(=O)N[C@H](Cc1cccc(F)c1)C(=O)N[C@H](Cc1ccc(F)cc1)C(=O)O. The largest absolute Gasteiger partial charge is 0.480 e. The Kier molecular flexibility index (Phi) is 7.20. The third-order valence-electron chi connectivity index (χ3n) is 3.99. The molecular formula is C20H20F2N2O4. The molecule has 6 nitrogen and oxygen atoms in total. The van der Waals surface area contributed by atoms with Crippen molar-refractivity contribution in [2.45, 2.75) is 31.8 Å². The molecule has 0 fully saturated rings. The van der Waals surface area contributed by atoms with E-state index in [9.17, 15) is 28.3 Å². The van der Waals surface area contributed by atoms with Crippen LogP contribution in [-0.4, -0.2) is 35.0 Å². The van der Waals surface area contributed by atoms with Gasteiger partial charge in [0.15, 0.2) is 0 Å². The smallest absolute Gasteiger partial charge is 0.326 e. The van der Waals surface area contributed by atoms with Gasteiger partial charge in [0.2, 0.25) is 11.8 Å². The normalized spacial score (nSPS) is 12.7. The summed E-state index contributed by atoms with van der Waals surface area (Å²) in [5.41, 5.74) is 0.995. The van der Waals surface area contributed by atoms with Gasteiger partial charge < -0.3 is 15.7 Å². The number of aliphatic carboxylic acids is 1. The van der Waals surface area contributed by atoms with Gasteiger partial charge in [-0.05, 0) is 35.4 Å². The molecule has 0 aromatic heterocycles. The number of carboxylic acids is 1. The van der Waals surface area contributed by atoms with Crippen molar-refractivity contribution in [2.24, 2.45) is 0 Å². The highest BCUT2D eigenvalue weighted by Crippen LogP contribution is 2.09. The molecule has 2 aromatic rings. The molecule has 28 heavy (non-hydrogen) atoms. The average Bonchev–Trinajstić information content (AvgIpc) is 2.62. The number of amides is 2. The summed E-state index contributed by atoms with van der Waals surface area (Å²) in [6, 6.07) is 8.44. The Labute approximate surface area is 160 Å². The van der Waals surface area contributed by atoms with E-state index in [0.29, 0.717) is 11.1 Å². The molecule has 2 rings (SSSR count). The molecule has 148 valence electrons. The van der Waals surface area contributed by atoms with E-state index in [4.69, 9.17) is 0 Å². The third-order valence-corrected chi connectivity index (χ3v) is 3.99. The van der Waals surface area contributed by atoms with Gasteiger partial charge in [-0.25, -0.2) is 13.6 Å². The van der Waals surface area contributed by atoms with E-state index in [1.807, 2.05) is 0 Å². The quantitative estimate of drug-likeness (QED) is 0.641. The first-order valence-electron chi connectivity index (χ1n) is 8.53. The van der Waals surface area contributed by atoms with Crippen molar-refractivity contribution in [3.05, 3.63) is 71.3 Å². The highest BCUT2D eigenvalue weighted by Gasteiger charge is 2.26. The van der Waals surface area contributed by atoms with Crippen LogP contribution in [0.4, 0.5) is 8.78 Å². The third kappa shape index (κ3) is 6.46. The van der Waals surface area contributed by atoms with E-state index in [0.717, 1.165) is 0 Å². The lowest BCUT2D eigenvalue weighted by molar-refractivity contribution is -0.142. The number of hydrogen-bond donors (Lipinski definition) is 3. The van der Waals surface area contributed by atoms with Crippen LogP contribution in [0.2, 0.25) is 0 Å². The average molecular weight is 390 g/mol. The lowest BCUT2D eigenvalue weighted by Gasteiger charge is -2.21. The van der Waals surface area contributed by atoms with Crippen molar-refractivity contribution < 1.29 is 28.3 Å². The van der Waals surface area contributed by atoms with Crippen LogP contribution < -0.4 is 10.6 Å². The minimum absolute atomic E-state index is 0.00788. The molecule has 0 saturated carbocycles. The zero-order valence-electron chi connectivity index (χ0n) is 15.1. The molecule has 8 heteroatoms. The van der Waals surface area contributed by atoms with Gasteiger partial charge in [0.1, 0.15) is 23.7 Å². The van der Waals surface area contributed by atoms with Gasteiger partial charge in [-0.2, -0.15) is 0 Å². The van der Waals surface area contributed by atoms with Crippen molar-refractivity contribution >= 4 is 17.8 Å². The highest BCUT2D eigenvalue weighted by molar-refractivity contribution is 5.90. The second-order valence-electron chi connectivity index (χ2n) is 6.32. The predicted molar refractivity (Wildman–Crippen MR) is 97.4 cm³/mol. The Morgan fingerprint density at radius 2 is 1.54 bits per heavy atom. The molecule has 2 atom stereocenters. The van der Waals surface area contributed by atoms with Crippen LogP contribution in [0.3, 0.4) is 0 Å².